The summed E-state index contributed by atoms with van der Waals surface area (Å²) in [5.74, 6) is 1.29. The maximum atomic E-state index is 12.5. The van der Waals surface area contributed by atoms with E-state index < -0.39 is 6.10 Å². The molecule has 1 aromatic carbocycles. The number of methoxy groups -OCH3 is 1. The minimum atomic E-state index is -1.16. The van der Waals surface area contributed by atoms with E-state index in [1.165, 1.54) is 0 Å². The Balaban J connectivity index is 1.56. The van der Waals surface area contributed by atoms with Crippen molar-refractivity contribution in [3.8, 4) is 5.75 Å². The molecule has 128 valence electrons. The Labute approximate surface area is 141 Å². The van der Waals surface area contributed by atoms with E-state index in [1.54, 1.807) is 42.5 Å². The predicted octanol–water partition coefficient (Wildman–Crippen LogP) is 1.67. The molecular formula is C18H22N2O4. The number of carbonyl (C=O) groups is 1. The summed E-state index contributed by atoms with van der Waals surface area (Å²) in [5, 5.41) is 10.4. The van der Waals surface area contributed by atoms with Gasteiger partial charge in [0, 0.05) is 26.2 Å². The van der Waals surface area contributed by atoms with Gasteiger partial charge < -0.3 is 19.2 Å². The van der Waals surface area contributed by atoms with E-state index in [1.807, 2.05) is 12.1 Å². The predicted molar refractivity (Wildman–Crippen MR) is 88.5 cm³/mol. The second-order valence-corrected chi connectivity index (χ2v) is 5.86. The lowest BCUT2D eigenvalue weighted by Gasteiger charge is -2.35. The molecular weight excluding hydrogens is 308 g/mol. The summed E-state index contributed by atoms with van der Waals surface area (Å²) in [6, 6.07) is 10.8. The smallest absolute Gasteiger partial charge is 0.256 e. The number of amides is 1. The van der Waals surface area contributed by atoms with Gasteiger partial charge in [-0.2, -0.15) is 0 Å². The highest BCUT2D eigenvalue weighted by molar-refractivity contribution is 5.82. The monoisotopic (exact) mass is 330 g/mol. The van der Waals surface area contributed by atoms with Crippen molar-refractivity contribution < 1.29 is 19.1 Å². The highest BCUT2D eigenvalue weighted by Crippen LogP contribution is 2.21. The third-order valence-corrected chi connectivity index (χ3v) is 4.29. The molecule has 1 aliphatic rings. The molecule has 24 heavy (non-hydrogen) atoms. The first-order valence-electron chi connectivity index (χ1n) is 8.03. The average Bonchev–Trinajstić information content (AvgIpc) is 3.14. The summed E-state index contributed by atoms with van der Waals surface area (Å²) in [4.78, 5) is 16.5. The van der Waals surface area contributed by atoms with Crippen molar-refractivity contribution in [2.24, 2.45) is 0 Å². The number of aliphatic hydroxyl groups excluding tert-OH is 1. The highest BCUT2D eigenvalue weighted by atomic mass is 16.5. The fourth-order valence-corrected chi connectivity index (χ4v) is 2.88. The number of carbonyl (C=O) groups excluding carboxylic acids is 1. The van der Waals surface area contributed by atoms with Gasteiger partial charge in [-0.1, -0.05) is 12.1 Å². The van der Waals surface area contributed by atoms with Crippen molar-refractivity contribution >= 4 is 5.91 Å². The van der Waals surface area contributed by atoms with Crippen molar-refractivity contribution in [2.75, 3.05) is 33.3 Å². The summed E-state index contributed by atoms with van der Waals surface area (Å²) in [6.07, 6.45) is 0.510. The van der Waals surface area contributed by atoms with Gasteiger partial charge in [0.1, 0.15) is 11.5 Å². The molecule has 0 spiro atoms. The first kappa shape index (κ1) is 16.5. The van der Waals surface area contributed by atoms with Gasteiger partial charge in [-0.3, -0.25) is 9.69 Å². The Morgan fingerprint density at radius 3 is 2.71 bits per heavy atom. The molecule has 3 rings (SSSR count). The Morgan fingerprint density at radius 2 is 2.04 bits per heavy atom. The summed E-state index contributed by atoms with van der Waals surface area (Å²) in [7, 11) is 1.56. The van der Waals surface area contributed by atoms with E-state index in [4.69, 9.17) is 9.15 Å². The van der Waals surface area contributed by atoms with Gasteiger partial charge in [0.25, 0.3) is 5.91 Å². The number of benzene rings is 1. The molecule has 0 unspecified atom stereocenters. The van der Waals surface area contributed by atoms with Gasteiger partial charge >= 0.3 is 0 Å². The van der Waals surface area contributed by atoms with Gasteiger partial charge in [0.2, 0.25) is 0 Å². The van der Waals surface area contributed by atoms with Crippen LogP contribution in [-0.4, -0.2) is 54.1 Å². The lowest BCUT2D eigenvalue weighted by atomic mass is 10.1. The lowest BCUT2D eigenvalue weighted by Crippen LogP contribution is -2.49. The van der Waals surface area contributed by atoms with Crippen LogP contribution in [0.5, 0.6) is 5.75 Å². The molecule has 0 radical (unpaired) electrons. The molecule has 1 aliphatic heterocycles. The van der Waals surface area contributed by atoms with E-state index in [-0.39, 0.29) is 5.91 Å². The summed E-state index contributed by atoms with van der Waals surface area (Å²) in [5.41, 5.74) is 0.553. The maximum Gasteiger partial charge on any atom is 0.256 e. The molecule has 6 heteroatoms. The van der Waals surface area contributed by atoms with Crippen LogP contribution in [0.4, 0.5) is 0 Å². The third-order valence-electron chi connectivity index (χ3n) is 4.29. The van der Waals surface area contributed by atoms with Crippen LogP contribution in [0.2, 0.25) is 0 Å². The van der Waals surface area contributed by atoms with Crippen molar-refractivity contribution in [3.05, 3.63) is 54.0 Å². The van der Waals surface area contributed by atoms with Crippen LogP contribution < -0.4 is 4.74 Å². The van der Waals surface area contributed by atoms with Crippen LogP contribution in [0.15, 0.2) is 47.1 Å². The van der Waals surface area contributed by atoms with E-state index in [9.17, 15) is 9.90 Å². The normalized spacial score (nSPS) is 16.8. The van der Waals surface area contributed by atoms with E-state index in [2.05, 4.69) is 4.90 Å². The Bertz CT molecular complexity index is 663. The van der Waals surface area contributed by atoms with Crippen molar-refractivity contribution in [1.29, 1.82) is 0 Å². The van der Waals surface area contributed by atoms with Gasteiger partial charge in [-0.05, 0) is 29.8 Å². The number of ether oxygens (including phenoxy) is 1. The number of hydrogen-bond acceptors (Lipinski definition) is 5. The molecule has 1 amide bonds. The van der Waals surface area contributed by atoms with Crippen LogP contribution in [0.3, 0.4) is 0 Å². The number of furan rings is 1. The van der Waals surface area contributed by atoms with Gasteiger partial charge in [-0.25, -0.2) is 0 Å². The minimum absolute atomic E-state index is 0.263. The summed E-state index contributed by atoms with van der Waals surface area (Å²) < 4.78 is 10.5. The summed E-state index contributed by atoms with van der Waals surface area (Å²) >= 11 is 0. The zero-order chi connectivity index (χ0) is 16.9. The Hall–Kier alpha value is -2.31. The van der Waals surface area contributed by atoms with Gasteiger partial charge in [-0.15, -0.1) is 0 Å². The Morgan fingerprint density at radius 1 is 1.25 bits per heavy atom. The van der Waals surface area contributed by atoms with Crippen LogP contribution >= 0.6 is 0 Å². The van der Waals surface area contributed by atoms with Gasteiger partial charge in [0.05, 0.1) is 19.9 Å². The quantitative estimate of drug-likeness (QED) is 0.903. The highest BCUT2D eigenvalue weighted by Gasteiger charge is 2.27. The molecule has 0 aliphatic carbocycles. The van der Waals surface area contributed by atoms with E-state index >= 15 is 0 Å². The second kappa shape index (κ2) is 7.51. The fraction of sp³-hybridized carbons (Fsp3) is 0.389. The molecule has 2 aromatic rings. The van der Waals surface area contributed by atoms with Crippen molar-refractivity contribution in [3.63, 3.8) is 0 Å². The molecule has 1 atom stereocenters. The number of hydrogen-bond donors (Lipinski definition) is 1. The first-order chi connectivity index (χ1) is 11.7. The number of nitrogens with zero attached hydrogens (tertiary/aromatic N) is 2. The van der Waals surface area contributed by atoms with E-state index in [0.717, 1.165) is 25.4 Å². The molecule has 0 bridgehead atoms. The standard InChI is InChI=1S/C18H22N2O4/c1-23-15-5-2-4-14(12-15)17(21)18(22)20-9-7-19(8-10-20)13-16-6-3-11-24-16/h2-6,11-12,17,21H,7-10,13H2,1H3/t17-/m0/s1. The largest absolute Gasteiger partial charge is 0.497 e. The van der Waals surface area contributed by atoms with Crippen LogP contribution in [0.1, 0.15) is 17.4 Å². The topological polar surface area (TPSA) is 66.2 Å². The molecule has 1 aromatic heterocycles. The molecule has 1 fully saturated rings. The molecule has 2 heterocycles. The SMILES string of the molecule is COc1cccc([C@H](O)C(=O)N2CCN(Cc3ccco3)CC2)c1. The zero-order valence-electron chi connectivity index (χ0n) is 13.7. The van der Waals surface area contributed by atoms with E-state index in [0.29, 0.717) is 24.4 Å². The summed E-state index contributed by atoms with van der Waals surface area (Å²) in [6.45, 7) is 3.46. The zero-order valence-corrected chi connectivity index (χ0v) is 13.7. The first-order valence-corrected chi connectivity index (χ1v) is 8.03. The number of piperazine rings is 1. The third kappa shape index (κ3) is 3.77. The average molecular weight is 330 g/mol. The van der Waals surface area contributed by atoms with Crippen molar-refractivity contribution in [1.82, 2.24) is 9.80 Å². The molecule has 1 saturated heterocycles. The minimum Gasteiger partial charge on any atom is -0.497 e. The Kier molecular flexibility index (Phi) is 5.17. The van der Waals surface area contributed by atoms with Gasteiger partial charge in [0.15, 0.2) is 6.10 Å². The van der Waals surface area contributed by atoms with Crippen LogP contribution in [0, 0.1) is 0 Å². The maximum absolute atomic E-state index is 12.5. The molecule has 0 saturated carbocycles. The van der Waals surface area contributed by atoms with Crippen LogP contribution in [-0.2, 0) is 11.3 Å². The van der Waals surface area contributed by atoms with Crippen LogP contribution in [0.25, 0.3) is 0 Å². The van der Waals surface area contributed by atoms with Crippen molar-refractivity contribution in [2.45, 2.75) is 12.6 Å². The molecule has 6 nitrogen and oxygen atoms in total. The number of rotatable bonds is 5. The molecule has 1 N–H and O–H groups in total. The fourth-order valence-electron chi connectivity index (χ4n) is 2.88. The second-order valence-electron chi connectivity index (χ2n) is 5.86. The lowest BCUT2D eigenvalue weighted by molar-refractivity contribution is -0.142. The number of aliphatic hydroxyl groups is 1.